The monoisotopic (exact) mass is 268 g/mol. The zero-order chi connectivity index (χ0) is 14.1. The first-order chi connectivity index (χ1) is 9.68. The summed E-state index contributed by atoms with van der Waals surface area (Å²) in [4.78, 5) is 13.4. The average molecular weight is 268 g/mol. The van der Waals surface area contributed by atoms with E-state index in [1.165, 1.54) is 4.90 Å². The second-order valence-corrected chi connectivity index (χ2v) is 4.83. The molecule has 3 rings (SSSR count). The van der Waals surface area contributed by atoms with Gasteiger partial charge in [-0.1, -0.05) is 36.4 Å². The van der Waals surface area contributed by atoms with Gasteiger partial charge in [-0.2, -0.15) is 0 Å². The number of anilines is 2. The fourth-order valence-corrected chi connectivity index (χ4v) is 2.41. The van der Waals surface area contributed by atoms with Crippen LogP contribution in [0.15, 0.2) is 54.6 Å². The molecule has 20 heavy (non-hydrogen) atoms. The van der Waals surface area contributed by atoms with Crippen molar-refractivity contribution in [1.82, 2.24) is 0 Å². The maximum absolute atomic E-state index is 11.9. The molecular formula is C16H16N2O2. The van der Waals surface area contributed by atoms with Gasteiger partial charge in [0.25, 0.3) is 0 Å². The molecule has 4 heteroatoms. The van der Waals surface area contributed by atoms with E-state index >= 15 is 0 Å². The Balaban J connectivity index is 2.07. The Morgan fingerprint density at radius 3 is 2.30 bits per heavy atom. The highest BCUT2D eigenvalue weighted by atomic mass is 16.6. The first-order valence-electron chi connectivity index (χ1n) is 6.57. The molecule has 2 aromatic rings. The largest absolute Gasteiger partial charge is 0.365 e. The lowest BCUT2D eigenvalue weighted by Crippen LogP contribution is -2.32. The van der Waals surface area contributed by atoms with E-state index in [4.69, 9.17) is 10.5 Å². The fourth-order valence-electron chi connectivity index (χ4n) is 2.41. The van der Waals surface area contributed by atoms with Crippen LogP contribution in [0.2, 0.25) is 0 Å². The molecule has 2 atom stereocenters. The molecule has 2 aromatic carbocycles. The molecule has 102 valence electrons. The number of epoxide rings is 1. The van der Waals surface area contributed by atoms with Crippen LogP contribution in [0, 0.1) is 0 Å². The predicted molar refractivity (Wildman–Crippen MR) is 77.9 cm³/mol. The number of carbonyl (C=O) groups is 1. The van der Waals surface area contributed by atoms with Crippen molar-refractivity contribution in [2.24, 2.45) is 5.73 Å². The van der Waals surface area contributed by atoms with Gasteiger partial charge in [-0.25, -0.2) is 4.79 Å². The van der Waals surface area contributed by atoms with Crippen molar-refractivity contribution in [3.05, 3.63) is 60.2 Å². The molecule has 4 nitrogen and oxygen atoms in total. The number of hydrogen-bond acceptors (Lipinski definition) is 2. The summed E-state index contributed by atoms with van der Waals surface area (Å²) in [6.45, 7) is 2.01. The van der Waals surface area contributed by atoms with Gasteiger partial charge in [0.05, 0.1) is 17.5 Å². The summed E-state index contributed by atoms with van der Waals surface area (Å²) < 4.78 is 5.53. The highest BCUT2D eigenvalue weighted by Crippen LogP contribution is 2.43. The Morgan fingerprint density at radius 2 is 1.70 bits per heavy atom. The number of rotatable bonds is 3. The molecule has 0 aliphatic carbocycles. The van der Waals surface area contributed by atoms with Gasteiger partial charge < -0.3 is 10.5 Å². The van der Waals surface area contributed by atoms with Crippen molar-refractivity contribution in [3.8, 4) is 0 Å². The van der Waals surface area contributed by atoms with Crippen molar-refractivity contribution in [2.45, 2.75) is 19.1 Å². The number of carbonyl (C=O) groups excluding carboxylic acids is 1. The van der Waals surface area contributed by atoms with Gasteiger partial charge in [0, 0.05) is 5.56 Å². The van der Waals surface area contributed by atoms with E-state index in [2.05, 4.69) is 0 Å². The van der Waals surface area contributed by atoms with Crippen LogP contribution in [0.25, 0.3) is 0 Å². The number of urea groups is 1. The Hall–Kier alpha value is -2.33. The van der Waals surface area contributed by atoms with Gasteiger partial charge in [0.1, 0.15) is 6.10 Å². The number of nitrogens with zero attached hydrogens (tertiary/aromatic N) is 1. The minimum Gasteiger partial charge on any atom is -0.365 e. The van der Waals surface area contributed by atoms with Crippen LogP contribution in [0.5, 0.6) is 0 Å². The summed E-state index contributed by atoms with van der Waals surface area (Å²) in [5, 5.41) is 0. The molecule has 2 unspecified atom stereocenters. The lowest BCUT2D eigenvalue weighted by Gasteiger charge is -2.23. The highest BCUT2D eigenvalue weighted by molar-refractivity contribution is 5.99. The van der Waals surface area contributed by atoms with Gasteiger partial charge in [0.2, 0.25) is 0 Å². The van der Waals surface area contributed by atoms with Crippen molar-refractivity contribution in [2.75, 3.05) is 4.90 Å². The van der Waals surface area contributed by atoms with E-state index in [0.717, 1.165) is 16.9 Å². The van der Waals surface area contributed by atoms with Crippen molar-refractivity contribution < 1.29 is 9.53 Å². The predicted octanol–water partition coefficient (Wildman–Crippen LogP) is 3.36. The van der Waals surface area contributed by atoms with Crippen LogP contribution in [0.3, 0.4) is 0 Å². The molecule has 0 aromatic heterocycles. The van der Waals surface area contributed by atoms with Crippen LogP contribution in [0.4, 0.5) is 16.2 Å². The van der Waals surface area contributed by atoms with E-state index in [9.17, 15) is 4.79 Å². The summed E-state index contributed by atoms with van der Waals surface area (Å²) in [7, 11) is 0. The molecule has 0 saturated carbocycles. The SMILES string of the molecule is CC1OC1c1ccccc1N(C(N)=O)c1ccccc1. The summed E-state index contributed by atoms with van der Waals surface area (Å²) in [5.74, 6) is 0. The van der Waals surface area contributed by atoms with Crippen LogP contribution < -0.4 is 10.6 Å². The first-order valence-corrected chi connectivity index (χ1v) is 6.57. The standard InChI is InChI=1S/C16H16N2O2/c1-11-15(20-11)13-9-5-6-10-14(13)18(16(17)19)12-7-3-2-4-8-12/h2-11,15H,1H3,(H2,17,19). The average Bonchev–Trinajstić information content (AvgIpc) is 3.17. The first kappa shape index (κ1) is 12.7. The topological polar surface area (TPSA) is 58.9 Å². The molecule has 0 radical (unpaired) electrons. The van der Waals surface area contributed by atoms with Gasteiger partial charge in [-0.3, -0.25) is 4.90 Å². The van der Waals surface area contributed by atoms with Gasteiger partial charge in [-0.05, 0) is 25.1 Å². The van der Waals surface area contributed by atoms with Crippen LogP contribution >= 0.6 is 0 Å². The molecule has 1 heterocycles. The Bertz CT molecular complexity index is 627. The molecule has 1 fully saturated rings. The zero-order valence-electron chi connectivity index (χ0n) is 11.2. The van der Waals surface area contributed by atoms with Crippen molar-refractivity contribution in [3.63, 3.8) is 0 Å². The number of amides is 2. The van der Waals surface area contributed by atoms with Crippen LogP contribution in [-0.4, -0.2) is 12.1 Å². The quantitative estimate of drug-likeness (QED) is 0.868. The number of hydrogen-bond donors (Lipinski definition) is 1. The number of para-hydroxylation sites is 2. The second-order valence-electron chi connectivity index (χ2n) is 4.83. The van der Waals surface area contributed by atoms with Gasteiger partial charge in [-0.15, -0.1) is 0 Å². The fraction of sp³-hybridized carbons (Fsp3) is 0.188. The number of ether oxygens (including phenoxy) is 1. The van der Waals surface area contributed by atoms with Crippen molar-refractivity contribution in [1.29, 1.82) is 0 Å². The maximum Gasteiger partial charge on any atom is 0.323 e. The molecular weight excluding hydrogens is 252 g/mol. The lowest BCUT2D eigenvalue weighted by molar-refractivity contribution is 0.256. The smallest absolute Gasteiger partial charge is 0.323 e. The van der Waals surface area contributed by atoms with E-state index in [1.54, 1.807) is 0 Å². The Morgan fingerprint density at radius 1 is 1.10 bits per heavy atom. The highest BCUT2D eigenvalue weighted by Gasteiger charge is 2.38. The Labute approximate surface area is 117 Å². The minimum atomic E-state index is -0.503. The van der Waals surface area contributed by atoms with E-state index in [0.29, 0.717) is 0 Å². The van der Waals surface area contributed by atoms with Crippen molar-refractivity contribution >= 4 is 17.4 Å². The molecule has 1 aliphatic rings. The minimum absolute atomic E-state index is 0.0387. The summed E-state index contributed by atoms with van der Waals surface area (Å²) in [5.41, 5.74) is 8.09. The summed E-state index contributed by atoms with van der Waals surface area (Å²) >= 11 is 0. The molecule has 1 saturated heterocycles. The third kappa shape index (κ3) is 2.26. The molecule has 0 bridgehead atoms. The van der Waals surface area contributed by atoms with E-state index in [-0.39, 0.29) is 12.2 Å². The number of benzene rings is 2. The van der Waals surface area contributed by atoms with Gasteiger partial charge >= 0.3 is 6.03 Å². The molecule has 2 amide bonds. The summed E-state index contributed by atoms with van der Waals surface area (Å²) in [6, 6.07) is 16.6. The third-order valence-electron chi connectivity index (χ3n) is 3.43. The summed E-state index contributed by atoms with van der Waals surface area (Å²) in [6.07, 6.45) is 0.221. The number of nitrogens with two attached hydrogens (primary N) is 1. The molecule has 1 aliphatic heterocycles. The second kappa shape index (κ2) is 4.98. The molecule has 0 spiro atoms. The zero-order valence-corrected chi connectivity index (χ0v) is 11.2. The third-order valence-corrected chi connectivity index (χ3v) is 3.43. The Kier molecular flexibility index (Phi) is 3.16. The van der Waals surface area contributed by atoms with E-state index in [1.807, 2.05) is 61.5 Å². The van der Waals surface area contributed by atoms with Crippen LogP contribution in [0.1, 0.15) is 18.6 Å². The maximum atomic E-state index is 11.9. The lowest BCUT2D eigenvalue weighted by atomic mass is 10.1. The van der Waals surface area contributed by atoms with Crippen LogP contribution in [-0.2, 0) is 4.74 Å². The van der Waals surface area contributed by atoms with Gasteiger partial charge in [0.15, 0.2) is 0 Å². The number of primary amides is 1. The van der Waals surface area contributed by atoms with E-state index < -0.39 is 6.03 Å². The molecule has 2 N–H and O–H groups in total. The normalized spacial score (nSPS) is 20.4.